The third-order valence-electron chi connectivity index (χ3n) is 4.78. The van der Waals surface area contributed by atoms with Crippen LogP contribution in [-0.2, 0) is 24.5 Å². The minimum Gasteiger partial charge on any atom is -0.450 e. The molecule has 1 atom stereocenters. The number of carbonyl (C=O) groups is 2. The fourth-order valence-electron chi connectivity index (χ4n) is 3.27. The van der Waals surface area contributed by atoms with Crippen molar-refractivity contribution >= 4 is 22.2 Å². The normalized spacial score (nSPS) is 22.4. The number of piperazine rings is 1. The number of amides is 2. The maximum atomic E-state index is 12.9. The highest BCUT2D eigenvalue weighted by molar-refractivity contribution is 7.86. The highest BCUT2D eigenvalue weighted by Gasteiger charge is 2.37. The first-order valence-corrected chi connectivity index (χ1v) is 10.7. The molecule has 156 valence electrons. The molecule has 10 nitrogen and oxygen atoms in total. The van der Waals surface area contributed by atoms with Crippen LogP contribution in [0.3, 0.4) is 0 Å². The minimum absolute atomic E-state index is 0.140. The molecular weight excluding hydrogens is 376 g/mol. The molecule has 2 rings (SSSR count). The van der Waals surface area contributed by atoms with Crippen LogP contribution in [0, 0.1) is 5.92 Å². The molecule has 0 spiro atoms. The van der Waals surface area contributed by atoms with Gasteiger partial charge in [0.05, 0.1) is 19.1 Å². The number of methoxy groups -OCH3 is 1. The Kier molecular flexibility index (Phi) is 8.27. The van der Waals surface area contributed by atoms with Crippen LogP contribution in [0.5, 0.6) is 0 Å². The second kappa shape index (κ2) is 10.2. The SMILES string of the molecule is CCOC(=O)N1CCN(S(=O)(=O)N2CCC[C@H](C(=O)NCCOC)C2)CC1. The van der Waals surface area contributed by atoms with Crippen LogP contribution in [0.1, 0.15) is 19.8 Å². The monoisotopic (exact) mass is 406 g/mol. The van der Waals surface area contributed by atoms with Crippen LogP contribution in [0.2, 0.25) is 0 Å². The molecule has 2 aliphatic rings. The molecule has 2 heterocycles. The maximum Gasteiger partial charge on any atom is 0.409 e. The molecule has 0 saturated carbocycles. The Hall–Kier alpha value is -1.43. The van der Waals surface area contributed by atoms with Crippen molar-refractivity contribution in [3.63, 3.8) is 0 Å². The predicted molar refractivity (Wildman–Crippen MR) is 98.3 cm³/mol. The topological polar surface area (TPSA) is 108 Å². The number of hydrogen-bond acceptors (Lipinski definition) is 6. The minimum atomic E-state index is -3.65. The van der Waals surface area contributed by atoms with E-state index >= 15 is 0 Å². The molecule has 0 unspecified atom stereocenters. The molecule has 2 amide bonds. The van der Waals surface area contributed by atoms with Crippen LogP contribution in [0.25, 0.3) is 0 Å². The lowest BCUT2D eigenvalue weighted by Crippen LogP contribution is -2.56. The van der Waals surface area contributed by atoms with Gasteiger partial charge < -0.3 is 19.7 Å². The summed E-state index contributed by atoms with van der Waals surface area (Å²) in [6.45, 7) is 4.49. The number of nitrogens with zero attached hydrogens (tertiary/aromatic N) is 3. The first-order valence-electron chi connectivity index (χ1n) is 9.33. The van der Waals surface area contributed by atoms with Crippen molar-refractivity contribution < 1.29 is 27.5 Å². The maximum absolute atomic E-state index is 12.9. The third kappa shape index (κ3) is 5.77. The predicted octanol–water partition coefficient (Wildman–Crippen LogP) is -0.520. The summed E-state index contributed by atoms with van der Waals surface area (Å²) in [6.07, 6.45) is 0.895. The molecule has 2 aliphatic heterocycles. The van der Waals surface area contributed by atoms with E-state index in [0.717, 1.165) is 0 Å². The molecule has 11 heteroatoms. The Balaban J connectivity index is 1.90. The van der Waals surface area contributed by atoms with Crippen LogP contribution in [-0.4, -0.2) is 100 Å². The Morgan fingerprint density at radius 3 is 2.44 bits per heavy atom. The number of nitrogens with one attached hydrogen (secondary N) is 1. The van der Waals surface area contributed by atoms with Crippen molar-refractivity contribution in [3.05, 3.63) is 0 Å². The summed E-state index contributed by atoms with van der Waals surface area (Å²) in [5.41, 5.74) is 0. The van der Waals surface area contributed by atoms with Gasteiger partial charge in [-0.2, -0.15) is 17.0 Å². The number of rotatable bonds is 7. The number of piperidine rings is 1. The summed E-state index contributed by atoms with van der Waals surface area (Å²) in [5.74, 6) is -0.495. The van der Waals surface area contributed by atoms with Crippen molar-refractivity contribution in [2.45, 2.75) is 19.8 Å². The summed E-state index contributed by atoms with van der Waals surface area (Å²) in [4.78, 5) is 25.5. The zero-order valence-electron chi connectivity index (χ0n) is 16.1. The van der Waals surface area contributed by atoms with E-state index in [-0.39, 0.29) is 31.5 Å². The van der Waals surface area contributed by atoms with Crippen LogP contribution in [0.4, 0.5) is 4.79 Å². The van der Waals surface area contributed by atoms with E-state index in [0.29, 0.717) is 52.2 Å². The quantitative estimate of drug-likeness (QED) is 0.570. The van der Waals surface area contributed by atoms with Gasteiger partial charge in [-0.25, -0.2) is 4.79 Å². The molecule has 2 saturated heterocycles. The van der Waals surface area contributed by atoms with E-state index < -0.39 is 16.3 Å². The Morgan fingerprint density at radius 1 is 1.11 bits per heavy atom. The molecule has 0 aromatic heterocycles. The highest BCUT2D eigenvalue weighted by Crippen LogP contribution is 2.22. The van der Waals surface area contributed by atoms with Crippen molar-refractivity contribution in [3.8, 4) is 0 Å². The van der Waals surface area contributed by atoms with Gasteiger partial charge in [0.1, 0.15) is 0 Å². The lowest BCUT2D eigenvalue weighted by atomic mass is 9.99. The number of hydrogen-bond donors (Lipinski definition) is 1. The van der Waals surface area contributed by atoms with Gasteiger partial charge in [0.2, 0.25) is 5.91 Å². The first kappa shape index (κ1) is 21.9. The third-order valence-corrected chi connectivity index (χ3v) is 6.78. The lowest BCUT2D eigenvalue weighted by Gasteiger charge is -2.38. The van der Waals surface area contributed by atoms with Gasteiger partial charge in [-0.3, -0.25) is 4.79 Å². The second-order valence-electron chi connectivity index (χ2n) is 6.57. The van der Waals surface area contributed by atoms with Crippen molar-refractivity contribution in [1.82, 2.24) is 18.8 Å². The smallest absolute Gasteiger partial charge is 0.409 e. The van der Waals surface area contributed by atoms with Crippen molar-refractivity contribution in [2.24, 2.45) is 5.92 Å². The van der Waals surface area contributed by atoms with E-state index in [1.165, 1.54) is 13.5 Å². The molecule has 0 bridgehead atoms. The van der Waals surface area contributed by atoms with Crippen molar-refractivity contribution in [2.75, 3.05) is 66.1 Å². The van der Waals surface area contributed by atoms with Gasteiger partial charge in [0, 0.05) is 52.9 Å². The largest absolute Gasteiger partial charge is 0.450 e. The fourth-order valence-corrected chi connectivity index (χ4v) is 4.95. The van der Waals surface area contributed by atoms with Gasteiger partial charge in [-0.05, 0) is 19.8 Å². The number of carbonyl (C=O) groups excluding carboxylic acids is 2. The van der Waals surface area contributed by atoms with E-state index in [1.807, 2.05) is 0 Å². The molecule has 1 N–H and O–H groups in total. The molecule has 27 heavy (non-hydrogen) atoms. The summed E-state index contributed by atoms with van der Waals surface area (Å²) in [7, 11) is -2.10. The fraction of sp³-hybridized carbons (Fsp3) is 0.875. The summed E-state index contributed by atoms with van der Waals surface area (Å²) in [5, 5.41) is 2.78. The highest BCUT2D eigenvalue weighted by atomic mass is 32.2. The van der Waals surface area contributed by atoms with E-state index in [1.54, 1.807) is 14.0 Å². The molecule has 0 aromatic carbocycles. The average Bonchev–Trinajstić information content (AvgIpc) is 2.68. The average molecular weight is 407 g/mol. The van der Waals surface area contributed by atoms with Gasteiger partial charge in [-0.15, -0.1) is 0 Å². The van der Waals surface area contributed by atoms with Gasteiger partial charge in [0.25, 0.3) is 10.2 Å². The molecule has 2 fully saturated rings. The lowest BCUT2D eigenvalue weighted by molar-refractivity contribution is -0.126. The van der Waals surface area contributed by atoms with Crippen LogP contribution < -0.4 is 5.32 Å². The van der Waals surface area contributed by atoms with Crippen LogP contribution >= 0.6 is 0 Å². The molecule has 0 aliphatic carbocycles. The zero-order valence-corrected chi connectivity index (χ0v) is 16.9. The number of ether oxygens (including phenoxy) is 2. The molecule has 0 radical (unpaired) electrons. The van der Waals surface area contributed by atoms with E-state index in [4.69, 9.17) is 9.47 Å². The van der Waals surface area contributed by atoms with E-state index in [2.05, 4.69) is 5.32 Å². The Labute approximate surface area is 160 Å². The van der Waals surface area contributed by atoms with Gasteiger partial charge >= 0.3 is 6.09 Å². The Bertz CT molecular complexity index is 606. The first-order chi connectivity index (χ1) is 12.9. The molecular formula is C16H30N4O6S. The van der Waals surface area contributed by atoms with Crippen LogP contribution in [0.15, 0.2) is 0 Å². The summed E-state index contributed by atoms with van der Waals surface area (Å²) >= 11 is 0. The summed E-state index contributed by atoms with van der Waals surface area (Å²) < 4.78 is 38.5. The van der Waals surface area contributed by atoms with Crippen molar-refractivity contribution in [1.29, 1.82) is 0 Å². The van der Waals surface area contributed by atoms with E-state index in [9.17, 15) is 18.0 Å². The standard InChI is InChI=1S/C16H30N4O6S/c1-3-26-16(22)18-8-10-19(11-9-18)27(23,24)20-7-4-5-14(13-20)15(21)17-6-12-25-2/h14H,3-13H2,1-2H3,(H,17,21)/t14-/m0/s1. The second-order valence-corrected chi connectivity index (χ2v) is 8.50. The zero-order chi connectivity index (χ0) is 19.9. The molecule has 0 aromatic rings. The van der Waals surface area contributed by atoms with Gasteiger partial charge in [0.15, 0.2) is 0 Å². The van der Waals surface area contributed by atoms with Gasteiger partial charge in [-0.1, -0.05) is 0 Å². The Morgan fingerprint density at radius 2 is 1.81 bits per heavy atom. The summed E-state index contributed by atoms with van der Waals surface area (Å²) in [6, 6.07) is 0.